The first kappa shape index (κ1) is 13.5. The van der Waals surface area contributed by atoms with Crippen molar-refractivity contribution in [1.29, 1.82) is 0 Å². The zero-order valence-corrected chi connectivity index (χ0v) is 12.7. The van der Waals surface area contributed by atoms with Crippen molar-refractivity contribution >= 4 is 17.4 Å². The summed E-state index contributed by atoms with van der Waals surface area (Å²) in [5, 5.41) is 7.68. The summed E-state index contributed by atoms with van der Waals surface area (Å²) in [6.07, 6.45) is 7.35. The van der Waals surface area contributed by atoms with Crippen LogP contribution >= 0.6 is 0 Å². The summed E-state index contributed by atoms with van der Waals surface area (Å²) in [5.41, 5.74) is 1.88. The number of aryl methyl sites for hydroxylation is 2. The minimum atomic E-state index is -0.0214. The topological polar surface area (TPSA) is 50.2 Å². The number of rotatable bonds is 1. The second kappa shape index (κ2) is 4.79. The molecule has 1 saturated carbocycles. The molecule has 1 fully saturated rings. The van der Waals surface area contributed by atoms with Crippen molar-refractivity contribution in [2.75, 3.05) is 17.3 Å². The van der Waals surface area contributed by atoms with Crippen LogP contribution in [-0.4, -0.2) is 28.3 Å². The summed E-state index contributed by atoms with van der Waals surface area (Å²) in [6, 6.07) is 0. The molecule has 1 aromatic heterocycles. The molecule has 5 nitrogen and oxygen atoms in total. The molecule has 1 aromatic rings. The van der Waals surface area contributed by atoms with Gasteiger partial charge in [0, 0.05) is 14.1 Å². The van der Waals surface area contributed by atoms with Gasteiger partial charge in [-0.05, 0) is 19.3 Å². The normalized spacial score (nSPS) is 21.6. The van der Waals surface area contributed by atoms with Gasteiger partial charge in [0.1, 0.15) is 5.69 Å². The lowest BCUT2D eigenvalue weighted by Gasteiger charge is -2.44. The first-order valence-corrected chi connectivity index (χ1v) is 7.67. The zero-order chi connectivity index (χ0) is 14.3. The van der Waals surface area contributed by atoms with Crippen molar-refractivity contribution in [2.24, 2.45) is 7.05 Å². The Labute approximate surface area is 120 Å². The smallest absolute Gasteiger partial charge is 0.226 e. The largest absolute Gasteiger partial charge is 0.352 e. The molecule has 110 valence electrons. The van der Waals surface area contributed by atoms with E-state index in [0.29, 0.717) is 6.42 Å². The number of carbonyl (C=O) groups is 1. The van der Waals surface area contributed by atoms with Crippen LogP contribution in [0.15, 0.2) is 0 Å². The average molecular weight is 276 g/mol. The first-order valence-electron chi connectivity index (χ1n) is 7.67. The second-order valence-electron chi connectivity index (χ2n) is 6.19. The van der Waals surface area contributed by atoms with Crippen LogP contribution in [0.3, 0.4) is 0 Å². The predicted molar refractivity (Wildman–Crippen MR) is 80.1 cm³/mol. The van der Waals surface area contributed by atoms with E-state index in [0.717, 1.165) is 36.5 Å². The summed E-state index contributed by atoms with van der Waals surface area (Å²) in [5.74, 6) is 1.20. The Morgan fingerprint density at radius 1 is 1.25 bits per heavy atom. The van der Waals surface area contributed by atoms with Crippen LogP contribution < -0.4 is 10.2 Å². The number of nitrogens with one attached hydrogen (secondary N) is 1. The lowest BCUT2D eigenvalue weighted by Crippen LogP contribution is -2.49. The molecule has 1 N–H and O–H groups in total. The van der Waals surface area contributed by atoms with Gasteiger partial charge in [-0.1, -0.05) is 26.2 Å². The van der Waals surface area contributed by atoms with Crippen LogP contribution in [0.25, 0.3) is 0 Å². The molecule has 0 aromatic carbocycles. The number of anilines is 2. The molecule has 0 atom stereocenters. The highest BCUT2D eigenvalue weighted by atomic mass is 16.1. The number of nitrogens with zero attached hydrogens (tertiary/aromatic N) is 3. The summed E-state index contributed by atoms with van der Waals surface area (Å²) >= 11 is 0. The molecule has 3 rings (SSSR count). The third-order valence-corrected chi connectivity index (χ3v) is 4.99. The fourth-order valence-electron chi connectivity index (χ4n) is 3.88. The van der Waals surface area contributed by atoms with E-state index in [2.05, 4.69) is 29.3 Å². The van der Waals surface area contributed by atoms with Crippen LogP contribution in [0.1, 0.15) is 51.1 Å². The van der Waals surface area contributed by atoms with E-state index in [1.165, 1.54) is 19.3 Å². The molecule has 0 unspecified atom stereocenters. The van der Waals surface area contributed by atoms with Crippen LogP contribution in [0.5, 0.6) is 0 Å². The maximum atomic E-state index is 12.4. The van der Waals surface area contributed by atoms with Crippen LogP contribution in [0.2, 0.25) is 0 Å². The molecule has 0 radical (unpaired) electrons. The Morgan fingerprint density at radius 3 is 2.60 bits per heavy atom. The Kier molecular flexibility index (Phi) is 3.22. The van der Waals surface area contributed by atoms with Gasteiger partial charge in [0.15, 0.2) is 5.82 Å². The summed E-state index contributed by atoms with van der Waals surface area (Å²) in [6.45, 7) is 2.08. The van der Waals surface area contributed by atoms with E-state index in [1.54, 1.807) is 0 Å². The van der Waals surface area contributed by atoms with Crippen molar-refractivity contribution in [3.05, 3.63) is 5.69 Å². The molecule has 1 amide bonds. The fourth-order valence-corrected chi connectivity index (χ4v) is 3.88. The minimum Gasteiger partial charge on any atom is -0.352 e. The van der Waals surface area contributed by atoms with E-state index in [4.69, 9.17) is 0 Å². The summed E-state index contributed by atoms with van der Waals surface area (Å²) in [4.78, 5) is 14.7. The fraction of sp³-hybridized carbons (Fsp3) is 0.733. The standard InChI is InChI=1S/C15H24N4O/c1-4-11-13-14(19(3)17-11)18(2)15(10-12(20)16-13)8-6-5-7-9-15/h4-10H2,1-3H3,(H,16,20). The summed E-state index contributed by atoms with van der Waals surface area (Å²) in [7, 11) is 4.11. The molecule has 0 bridgehead atoms. The van der Waals surface area contributed by atoms with E-state index in [1.807, 2.05) is 11.7 Å². The average Bonchev–Trinajstić information content (AvgIpc) is 2.69. The van der Waals surface area contributed by atoms with Gasteiger partial charge in [-0.15, -0.1) is 0 Å². The Hall–Kier alpha value is -1.52. The van der Waals surface area contributed by atoms with E-state index >= 15 is 0 Å². The van der Waals surface area contributed by atoms with Gasteiger partial charge in [0.05, 0.1) is 17.7 Å². The zero-order valence-electron chi connectivity index (χ0n) is 12.7. The van der Waals surface area contributed by atoms with Crippen LogP contribution in [-0.2, 0) is 18.3 Å². The molecule has 1 aliphatic carbocycles. The van der Waals surface area contributed by atoms with Crippen molar-refractivity contribution in [1.82, 2.24) is 9.78 Å². The highest BCUT2D eigenvalue weighted by Crippen LogP contribution is 2.43. The van der Waals surface area contributed by atoms with Crippen molar-refractivity contribution < 1.29 is 4.79 Å². The van der Waals surface area contributed by atoms with Crippen molar-refractivity contribution in [3.63, 3.8) is 0 Å². The van der Waals surface area contributed by atoms with E-state index < -0.39 is 0 Å². The molecule has 1 spiro atoms. The molecule has 2 heterocycles. The predicted octanol–water partition coefficient (Wildman–Crippen LogP) is 2.46. The van der Waals surface area contributed by atoms with Gasteiger partial charge in [0.2, 0.25) is 5.91 Å². The molecule has 20 heavy (non-hydrogen) atoms. The lowest BCUT2D eigenvalue weighted by molar-refractivity contribution is -0.117. The molecule has 5 heteroatoms. The number of amides is 1. The third-order valence-electron chi connectivity index (χ3n) is 4.99. The second-order valence-corrected chi connectivity index (χ2v) is 6.19. The Morgan fingerprint density at radius 2 is 1.95 bits per heavy atom. The van der Waals surface area contributed by atoms with Crippen LogP contribution in [0.4, 0.5) is 11.5 Å². The first-order chi connectivity index (χ1) is 9.57. The third kappa shape index (κ3) is 1.91. The maximum Gasteiger partial charge on any atom is 0.226 e. The molecule has 2 aliphatic rings. The highest BCUT2D eigenvalue weighted by molar-refractivity contribution is 5.97. The van der Waals surface area contributed by atoms with Crippen molar-refractivity contribution in [2.45, 2.75) is 57.4 Å². The van der Waals surface area contributed by atoms with Gasteiger partial charge < -0.3 is 10.2 Å². The van der Waals surface area contributed by atoms with E-state index in [9.17, 15) is 4.79 Å². The molecular formula is C15H24N4O. The highest BCUT2D eigenvalue weighted by Gasteiger charge is 2.43. The number of hydrogen-bond acceptors (Lipinski definition) is 3. The van der Waals surface area contributed by atoms with Gasteiger partial charge >= 0.3 is 0 Å². The lowest BCUT2D eigenvalue weighted by atomic mass is 9.78. The SMILES string of the molecule is CCc1nn(C)c2c1NC(=O)CC1(CCCCC1)N2C. The summed E-state index contributed by atoms with van der Waals surface area (Å²) < 4.78 is 1.93. The monoisotopic (exact) mass is 276 g/mol. The van der Waals surface area contributed by atoms with E-state index in [-0.39, 0.29) is 11.4 Å². The number of fused-ring (bicyclic) bond motifs is 1. The van der Waals surface area contributed by atoms with Gasteiger partial charge in [-0.2, -0.15) is 5.10 Å². The number of carbonyl (C=O) groups excluding carboxylic acids is 1. The van der Waals surface area contributed by atoms with Gasteiger partial charge in [-0.25, -0.2) is 0 Å². The van der Waals surface area contributed by atoms with Gasteiger partial charge in [0.25, 0.3) is 0 Å². The minimum absolute atomic E-state index is 0.0214. The molecular weight excluding hydrogens is 252 g/mol. The Balaban J connectivity index is 2.10. The number of aromatic nitrogens is 2. The molecule has 1 aliphatic heterocycles. The maximum absolute atomic E-state index is 12.4. The Bertz CT molecular complexity index is 528. The number of hydrogen-bond donors (Lipinski definition) is 1. The van der Waals surface area contributed by atoms with Crippen molar-refractivity contribution in [3.8, 4) is 0 Å². The van der Waals surface area contributed by atoms with Gasteiger partial charge in [-0.3, -0.25) is 9.48 Å². The molecule has 0 saturated heterocycles. The quantitative estimate of drug-likeness (QED) is 0.857. The van der Waals surface area contributed by atoms with Crippen LogP contribution in [0, 0.1) is 0 Å².